The van der Waals surface area contributed by atoms with E-state index in [4.69, 9.17) is 27.3 Å². The van der Waals surface area contributed by atoms with Crippen molar-refractivity contribution in [2.75, 3.05) is 0 Å². The summed E-state index contributed by atoms with van der Waals surface area (Å²) in [7, 11) is 0. The van der Waals surface area contributed by atoms with Gasteiger partial charge in [0.15, 0.2) is 5.84 Å². The van der Waals surface area contributed by atoms with Crippen molar-refractivity contribution >= 4 is 17.4 Å². The molecule has 0 heterocycles. The van der Waals surface area contributed by atoms with Gasteiger partial charge in [-0.15, -0.1) is 0 Å². The number of hydrogen-bond donors (Lipinski definition) is 2. The Hall–Kier alpha value is -1.42. The Morgan fingerprint density at radius 3 is 2.58 bits per heavy atom. The Labute approximate surface area is 118 Å². The van der Waals surface area contributed by atoms with Gasteiger partial charge in [0, 0.05) is 0 Å². The molecule has 0 radical (unpaired) electrons. The highest BCUT2D eigenvalue weighted by Crippen LogP contribution is 2.29. The van der Waals surface area contributed by atoms with E-state index in [-0.39, 0.29) is 11.9 Å². The summed E-state index contributed by atoms with van der Waals surface area (Å²) in [5.41, 5.74) is 6.14. The Kier molecular flexibility index (Phi) is 4.91. The lowest BCUT2D eigenvalue weighted by Gasteiger charge is -2.19. The zero-order valence-corrected chi connectivity index (χ0v) is 11.6. The van der Waals surface area contributed by atoms with Crippen LogP contribution in [0.3, 0.4) is 0 Å². The minimum Gasteiger partial charge on any atom is -0.490 e. The minimum absolute atomic E-state index is 0.0192. The van der Waals surface area contributed by atoms with Gasteiger partial charge in [-0.2, -0.15) is 0 Å². The number of oxime groups is 1. The summed E-state index contributed by atoms with van der Waals surface area (Å²) in [6.07, 6.45) is 7.18. The van der Waals surface area contributed by atoms with Crippen molar-refractivity contribution in [2.45, 2.75) is 44.6 Å². The molecule has 1 aromatic rings. The van der Waals surface area contributed by atoms with Crippen LogP contribution in [0.2, 0.25) is 5.02 Å². The fourth-order valence-corrected chi connectivity index (χ4v) is 2.70. The molecule has 104 valence electrons. The fourth-order valence-electron chi connectivity index (χ4n) is 2.44. The lowest BCUT2D eigenvalue weighted by Crippen LogP contribution is -2.20. The van der Waals surface area contributed by atoms with Crippen molar-refractivity contribution < 1.29 is 9.94 Å². The number of ether oxygens (including phenoxy) is 1. The predicted molar refractivity (Wildman–Crippen MR) is 76.1 cm³/mol. The largest absolute Gasteiger partial charge is 0.490 e. The predicted octanol–water partition coefficient (Wildman–Crippen LogP) is 3.54. The number of nitrogens with zero attached hydrogens (tertiary/aromatic N) is 1. The number of nitrogens with two attached hydrogens (primary N) is 1. The second-order valence-corrected chi connectivity index (χ2v) is 5.24. The maximum Gasteiger partial charge on any atom is 0.175 e. The van der Waals surface area contributed by atoms with E-state index >= 15 is 0 Å². The SMILES string of the molecule is NC(=NO)c1c(Cl)cccc1OC1CCCCCC1. The average molecular weight is 283 g/mol. The van der Waals surface area contributed by atoms with E-state index in [9.17, 15) is 0 Å². The molecule has 1 aromatic carbocycles. The van der Waals surface area contributed by atoms with E-state index in [1.807, 2.05) is 12.1 Å². The third kappa shape index (κ3) is 3.53. The van der Waals surface area contributed by atoms with Gasteiger partial charge in [0.05, 0.1) is 16.7 Å². The molecule has 0 aromatic heterocycles. The summed E-state index contributed by atoms with van der Waals surface area (Å²) < 4.78 is 6.01. The van der Waals surface area contributed by atoms with Crippen molar-refractivity contribution in [3.63, 3.8) is 0 Å². The standard InChI is InChI=1S/C14H19ClN2O2/c15-11-8-5-9-12(13(11)14(16)17-18)19-10-6-3-1-2-4-7-10/h5,8-10,18H,1-4,6-7H2,(H2,16,17). The number of rotatable bonds is 3. The highest BCUT2D eigenvalue weighted by molar-refractivity contribution is 6.34. The molecular formula is C14H19ClN2O2. The molecule has 4 nitrogen and oxygen atoms in total. The van der Waals surface area contributed by atoms with E-state index in [2.05, 4.69) is 5.16 Å². The molecule has 0 saturated heterocycles. The molecular weight excluding hydrogens is 264 g/mol. The van der Waals surface area contributed by atoms with Crippen LogP contribution in [-0.2, 0) is 0 Å². The summed E-state index contributed by atoms with van der Waals surface area (Å²) in [5.74, 6) is 0.573. The molecule has 1 fully saturated rings. The summed E-state index contributed by atoms with van der Waals surface area (Å²) in [4.78, 5) is 0. The fraction of sp³-hybridized carbons (Fsp3) is 0.500. The number of hydrogen-bond acceptors (Lipinski definition) is 3. The molecule has 3 N–H and O–H groups in total. The van der Waals surface area contributed by atoms with Crippen molar-refractivity contribution in [1.29, 1.82) is 0 Å². The van der Waals surface area contributed by atoms with Crippen LogP contribution in [0.25, 0.3) is 0 Å². The zero-order chi connectivity index (χ0) is 13.7. The molecule has 1 saturated carbocycles. The topological polar surface area (TPSA) is 67.8 Å². The molecule has 0 aliphatic heterocycles. The maximum absolute atomic E-state index is 8.84. The van der Waals surface area contributed by atoms with Crippen molar-refractivity contribution in [2.24, 2.45) is 10.9 Å². The van der Waals surface area contributed by atoms with Crippen LogP contribution >= 0.6 is 11.6 Å². The van der Waals surface area contributed by atoms with Crippen molar-refractivity contribution in [1.82, 2.24) is 0 Å². The second-order valence-electron chi connectivity index (χ2n) is 4.83. The monoisotopic (exact) mass is 282 g/mol. The van der Waals surface area contributed by atoms with Gasteiger partial charge in [0.1, 0.15) is 5.75 Å². The van der Waals surface area contributed by atoms with Crippen molar-refractivity contribution in [3.05, 3.63) is 28.8 Å². The first kappa shape index (κ1) is 14.0. The van der Waals surface area contributed by atoms with E-state index in [1.54, 1.807) is 6.07 Å². The summed E-state index contributed by atoms with van der Waals surface area (Å²) >= 11 is 6.10. The summed E-state index contributed by atoms with van der Waals surface area (Å²) in [6.45, 7) is 0. The van der Waals surface area contributed by atoms with Gasteiger partial charge in [-0.1, -0.05) is 35.7 Å². The van der Waals surface area contributed by atoms with Gasteiger partial charge < -0.3 is 15.7 Å². The summed E-state index contributed by atoms with van der Waals surface area (Å²) in [5, 5.41) is 12.3. The van der Waals surface area contributed by atoms with E-state index in [0.717, 1.165) is 12.8 Å². The van der Waals surface area contributed by atoms with Gasteiger partial charge in [-0.25, -0.2) is 0 Å². The Morgan fingerprint density at radius 1 is 1.26 bits per heavy atom. The highest BCUT2D eigenvalue weighted by atomic mass is 35.5. The van der Waals surface area contributed by atoms with Crippen LogP contribution < -0.4 is 10.5 Å². The van der Waals surface area contributed by atoms with Gasteiger partial charge in [-0.3, -0.25) is 0 Å². The quantitative estimate of drug-likeness (QED) is 0.293. The maximum atomic E-state index is 8.84. The molecule has 0 bridgehead atoms. The van der Waals surface area contributed by atoms with Gasteiger partial charge in [0.2, 0.25) is 0 Å². The number of halogens is 1. The Morgan fingerprint density at radius 2 is 1.95 bits per heavy atom. The van der Waals surface area contributed by atoms with Gasteiger partial charge >= 0.3 is 0 Å². The smallest absolute Gasteiger partial charge is 0.175 e. The van der Waals surface area contributed by atoms with Crippen LogP contribution in [0, 0.1) is 0 Å². The highest BCUT2D eigenvalue weighted by Gasteiger charge is 2.18. The Balaban J connectivity index is 2.21. The third-order valence-electron chi connectivity index (χ3n) is 3.44. The van der Waals surface area contributed by atoms with Crippen molar-refractivity contribution in [3.8, 4) is 5.75 Å². The van der Waals surface area contributed by atoms with Crippen LogP contribution in [-0.4, -0.2) is 17.1 Å². The Bertz CT molecular complexity index is 455. The second kappa shape index (κ2) is 6.66. The first-order valence-corrected chi connectivity index (χ1v) is 7.03. The van der Waals surface area contributed by atoms with Crippen LogP contribution in [0.15, 0.2) is 23.4 Å². The molecule has 19 heavy (non-hydrogen) atoms. The number of amidine groups is 1. The molecule has 5 heteroatoms. The zero-order valence-electron chi connectivity index (χ0n) is 10.8. The van der Waals surface area contributed by atoms with Crippen LogP contribution in [0.4, 0.5) is 0 Å². The first-order chi connectivity index (χ1) is 9.22. The third-order valence-corrected chi connectivity index (χ3v) is 3.75. The molecule has 0 spiro atoms. The molecule has 0 atom stereocenters. The van der Waals surface area contributed by atoms with Gasteiger partial charge in [0.25, 0.3) is 0 Å². The normalized spacial score (nSPS) is 18.1. The molecule has 2 rings (SSSR count). The molecule has 1 aliphatic carbocycles. The first-order valence-electron chi connectivity index (χ1n) is 6.65. The number of benzene rings is 1. The minimum atomic E-state index is -0.0192. The van der Waals surface area contributed by atoms with Crippen LogP contribution in [0.1, 0.15) is 44.1 Å². The van der Waals surface area contributed by atoms with E-state index < -0.39 is 0 Å². The molecule has 0 unspecified atom stereocenters. The average Bonchev–Trinajstić information content (AvgIpc) is 2.67. The van der Waals surface area contributed by atoms with Crippen LogP contribution in [0.5, 0.6) is 5.75 Å². The lowest BCUT2D eigenvalue weighted by molar-refractivity contribution is 0.183. The van der Waals surface area contributed by atoms with E-state index in [0.29, 0.717) is 16.3 Å². The molecule has 1 aliphatic rings. The summed E-state index contributed by atoms with van der Waals surface area (Å²) in [6, 6.07) is 5.32. The molecule has 0 amide bonds. The van der Waals surface area contributed by atoms with Gasteiger partial charge in [-0.05, 0) is 37.8 Å². The van der Waals surface area contributed by atoms with E-state index in [1.165, 1.54) is 25.7 Å². The lowest BCUT2D eigenvalue weighted by atomic mass is 10.1.